The minimum atomic E-state index is -0.875. The molecule has 0 radical (unpaired) electrons. The maximum Gasteiger partial charge on any atom is 0.299 e. The molecule has 1 amide bonds. The molecule has 2 rings (SSSR count). The molecule has 3 nitrogen and oxygen atoms in total. The monoisotopic (exact) mass is 359 g/mol. The summed E-state index contributed by atoms with van der Waals surface area (Å²) in [6.45, 7) is 4.19. The minimum Gasteiger partial charge on any atom is -0.301 e. The Morgan fingerprint density at radius 2 is 1.81 bits per heavy atom. The fraction of sp³-hybridized carbons (Fsp3) is 0.467. The molecule has 1 aromatic rings. The minimum absolute atomic E-state index is 0.0985. The van der Waals surface area contributed by atoms with Crippen LogP contribution in [0.4, 0.5) is 14.5 Å². The lowest BCUT2D eigenvalue weighted by Gasteiger charge is -2.34. The Balaban J connectivity index is 2.49. The summed E-state index contributed by atoms with van der Waals surface area (Å²) < 4.78 is 27.3. The Morgan fingerprint density at radius 3 is 2.33 bits per heavy atom. The molecule has 0 saturated heterocycles. The van der Waals surface area contributed by atoms with Gasteiger partial charge in [-0.25, -0.2) is 8.78 Å². The van der Waals surface area contributed by atoms with Crippen molar-refractivity contribution < 1.29 is 18.4 Å². The number of hydrogen-bond acceptors (Lipinski definition) is 2. The van der Waals surface area contributed by atoms with Crippen LogP contribution in [0.3, 0.4) is 0 Å². The summed E-state index contributed by atoms with van der Waals surface area (Å²) in [6, 6.07) is 1.62. The van der Waals surface area contributed by atoms with Gasteiger partial charge in [0.05, 0.1) is 11.3 Å². The molecule has 0 saturated carbocycles. The Morgan fingerprint density at radius 1 is 1.19 bits per heavy atom. The first-order chi connectivity index (χ1) is 9.89. The molecule has 0 unspecified atom stereocenters. The number of carbonyl (C=O) groups excluding carboxylic acids is 2. The summed E-state index contributed by atoms with van der Waals surface area (Å²) in [6.07, 6.45) is 1.54. The second-order valence-corrected chi connectivity index (χ2v) is 5.91. The van der Waals surface area contributed by atoms with E-state index < -0.39 is 23.3 Å². The lowest BCUT2D eigenvalue weighted by atomic mass is 9.84. The number of anilines is 1. The van der Waals surface area contributed by atoms with Gasteiger partial charge in [-0.1, -0.05) is 29.8 Å². The van der Waals surface area contributed by atoms with Gasteiger partial charge in [0.1, 0.15) is 5.82 Å². The highest BCUT2D eigenvalue weighted by molar-refractivity contribution is 9.09. The van der Waals surface area contributed by atoms with E-state index in [1.54, 1.807) is 0 Å². The first-order valence-electron chi connectivity index (χ1n) is 6.80. The molecule has 1 heterocycles. The van der Waals surface area contributed by atoms with Crippen molar-refractivity contribution in [3.05, 3.63) is 29.3 Å². The van der Waals surface area contributed by atoms with E-state index in [0.717, 1.165) is 23.8 Å². The molecule has 0 aliphatic carbocycles. The SMILES string of the molecule is CCC(CC)(CBr)CN1C(=O)C(=O)c2cc(F)cc(F)c21. The topological polar surface area (TPSA) is 37.4 Å². The second kappa shape index (κ2) is 5.83. The van der Waals surface area contributed by atoms with Crippen LogP contribution in [-0.2, 0) is 4.79 Å². The van der Waals surface area contributed by atoms with E-state index in [9.17, 15) is 18.4 Å². The second-order valence-electron chi connectivity index (χ2n) is 5.34. The van der Waals surface area contributed by atoms with E-state index in [0.29, 0.717) is 11.4 Å². The summed E-state index contributed by atoms with van der Waals surface area (Å²) in [5.74, 6) is -3.37. The number of fused-ring (bicyclic) bond motifs is 1. The van der Waals surface area contributed by atoms with Crippen LogP contribution in [-0.4, -0.2) is 23.6 Å². The van der Waals surface area contributed by atoms with Crippen molar-refractivity contribution in [1.82, 2.24) is 0 Å². The maximum absolute atomic E-state index is 14.0. The zero-order valence-corrected chi connectivity index (χ0v) is 13.5. The lowest BCUT2D eigenvalue weighted by molar-refractivity contribution is -0.114. The number of amides is 1. The molecule has 0 N–H and O–H groups in total. The Kier molecular flexibility index (Phi) is 4.46. The van der Waals surface area contributed by atoms with Gasteiger partial charge in [-0.2, -0.15) is 0 Å². The van der Waals surface area contributed by atoms with Crippen molar-refractivity contribution in [2.75, 3.05) is 16.8 Å². The molecular formula is C15H16BrF2NO2. The number of halogens is 3. The maximum atomic E-state index is 14.0. The number of rotatable bonds is 5. The van der Waals surface area contributed by atoms with Crippen LogP contribution < -0.4 is 4.90 Å². The first kappa shape index (κ1) is 16.1. The number of nitrogens with zero attached hydrogens (tertiary/aromatic N) is 1. The smallest absolute Gasteiger partial charge is 0.299 e. The van der Waals surface area contributed by atoms with Gasteiger partial charge >= 0.3 is 0 Å². The summed E-state index contributed by atoms with van der Waals surface area (Å²) in [4.78, 5) is 25.2. The molecule has 1 aromatic carbocycles. The van der Waals surface area contributed by atoms with Crippen LogP contribution in [0, 0.1) is 17.0 Å². The van der Waals surface area contributed by atoms with Crippen molar-refractivity contribution >= 4 is 33.3 Å². The van der Waals surface area contributed by atoms with Crippen LogP contribution in [0.2, 0.25) is 0 Å². The predicted molar refractivity (Wildman–Crippen MR) is 79.9 cm³/mol. The van der Waals surface area contributed by atoms with Crippen LogP contribution in [0.25, 0.3) is 0 Å². The average molecular weight is 360 g/mol. The average Bonchev–Trinajstić information content (AvgIpc) is 2.70. The molecular weight excluding hydrogens is 344 g/mol. The summed E-state index contributed by atoms with van der Waals surface area (Å²) in [7, 11) is 0. The number of benzene rings is 1. The number of ketones is 1. The largest absolute Gasteiger partial charge is 0.301 e. The number of alkyl halides is 1. The highest BCUT2D eigenvalue weighted by Gasteiger charge is 2.42. The zero-order valence-electron chi connectivity index (χ0n) is 11.9. The van der Waals surface area contributed by atoms with Crippen molar-refractivity contribution in [2.24, 2.45) is 5.41 Å². The van der Waals surface area contributed by atoms with Gasteiger partial charge in [-0.3, -0.25) is 9.59 Å². The van der Waals surface area contributed by atoms with Crippen LogP contribution in [0.15, 0.2) is 12.1 Å². The zero-order chi connectivity index (χ0) is 15.8. The number of Topliss-reactive ketones (excluding diaryl/α,β-unsaturated/α-hetero) is 1. The van der Waals surface area contributed by atoms with Crippen LogP contribution >= 0.6 is 15.9 Å². The van der Waals surface area contributed by atoms with Crippen molar-refractivity contribution in [3.63, 3.8) is 0 Å². The van der Waals surface area contributed by atoms with E-state index in [-0.39, 0.29) is 23.2 Å². The third-order valence-electron chi connectivity index (χ3n) is 4.26. The standard InChI is InChI=1S/C15H16BrF2NO2/c1-3-15(4-2,7-16)8-19-12-10(13(20)14(19)21)5-9(17)6-11(12)18/h5-6H,3-4,7-8H2,1-2H3. The first-order valence-corrected chi connectivity index (χ1v) is 7.92. The highest BCUT2D eigenvalue weighted by Crippen LogP contribution is 2.38. The summed E-state index contributed by atoms with van der Waals surface area (Å²) >= 11 is 3.43. The Bertz CT molecular complexity index is 591. The Hall–Kier alpha value is -1.30. The van der Waals surface area contributed by atoms with Crippen LogP contribution in [0.1, 0.15) is 37.0 Å². The number of carbonyl (C=O) groups is 2. The third-order valence-corrected chi connectivity index (χ3v) is 5.45. The summed E-state index contributed by atoms with van der Waals surface area (Å²) in [5, 5.41) is 0.628. The van der Waals surface area contributed by atoms with E-state index in [1.807, 2.05) is 13.8 Å². The van der Waals surface area contributed by atoms with Gasteiger partial charge in [0.25, 0.3) is 11.7 Å². The van der Waals surface area contributed by atoms with E-state index >= 15 is 0 Å². The molecule has 0 fully saturated rings. The van der Waals surface area contributed by atoms with Crippen molar-refractivity contribution in [1.29, 1.82) is 0 Å². The quantitative estimate of drug-likeness (QED) is 0.593. The molecule has 0 spiro atoms. The van der Waals surface area contributed by atoms with E-state index in [1.165, 1.54) is 0 Å². The fourth-order valence-corrected chi connectivity index (χ4v) is 3.51. The van der Waals surface area contributed by atoms with Gasteiger partial charge in [0.2, 0.25) is 0 Å². The molecule has 1 aliphatic rings. The molecule has 0 atom stereocenters. The molecule has 21 heavy (non-hydrogen) atoms. The molecule has 0 bridgehead atoms. The normalized spacial score (nSPS) is 14.8. The predicted octanol–water partition coefficient (Wildman–Crippen LogP) is 3.70. The third kappa shape index (κ3) is 2.61. The van der Waals surface area contributed by atoms with Gasteiger partial charge in [0.15, 0.2) is 5.82 Å². The highest BCUT2D eigenvalue weighted by atomic mass is 79.9. The number of hydrogen-bond donors (Lipinski definition) is 0. The summed E-state index contributed by atoms with van der Waals surface area (Å²) in [5.41, 5.74) is -0.537. The van der Waals surface area contributed by atoms with Gasteiger partial charge in [-0.05, 0) is 24.3 Å². The molecule has 1 aliphatic heterocycles. The van der Waals surface area contributed by atoms with E-state index in [2.05, 4.69) is 15.9 Å². The molecule has 6 heteroatoms. The Labute approximate surface area is 130 Å². The van der Waals surface area contributed by atoms with Crippen LogP contribution in [0.5, 0.6) is 0 Å². The van der Waals surface area contributed by atoms with Gasteiger partial charge in [0, 0.05) is 17.9 Å². The molecule has 0 aromatic heterocycles. The molecule has 114 valence electrons. The van der Waals surface area contributed by atoms with E-state index in [4.69, 9.17) is 0 Å². The van der Waals surface area contributed by atoms with Gasteiger partial charge in [-0.15, -0.1) is 0 Å². The van der Waals surface area contributed by atoms with Gasteiger partial charge < -0.3 is 4.90 Å². The van der Waals surface area contributed by atoms with Crippen molar-refractivity contribution in [2.45, 2.75) is 26.7 Å². The fourth-order valence-electron chi connectivity index (χ4n) is 2.54. The lowest BCUT2D eigenvalue weighted by Crippen LogP contribution is -2.41. The van der Waals surface area contributed by atoms with Crippen molar-refractivity contribution in [3.8, 4) is 0 Å².